The van der Waals surface area contributed by atoms with E-state index >= 15 is 0 Å². The summed E-state index contributed by atoms with van der Waals surface area (Å²) in [6.07, 6.45) is 2.18. The molecule has 2 aromatic carbocycles. The Morgan fingerprint density at radius 3 is 2.59 bits per heavy atom. The zero-order valence-corrected chi connectivity index (χ0v) is 15.3. The van der Waals surface area contributed by atoms with Gasteiger partial charge in [0.25, 0.3) is 5.91 Å². The average molecular weight is 362 g/mol. The third kappa shape index (κ3) is 3.14. The van der Waals surface area contributed by atoms with E-state index < -0.39 is 0 Å². The van der Waals surface area contributed by atoms with E-state index in [-0.39, 0.29) is 23.6 Å². The molecule has 0 saturated carbocycles. The number of piperidine rings is 1. The molecule has 138 valence electrons. The van der Waals surface area contributed by atoms with Crippen LogP contribution in [0.2, 0.25) is 0 Å². The van der Waals surface area contributed by atoms with E-state index in [1.165, 1.54) is 0 Å². The van der Waals surface area contributed by atoms with Gasteiger partial charge in [0.15, 0.2) is 5.78 Å². The molecule has 0 unspecified atom stereocenters. The minimum Gasteiger partial charge on any atom is -0.352 e. The molecule has 5 nitrogen and oxygen atoms in total. The Morgan fingerprint density at radius 1 is 1.07 bits per heavy atom. The van der Waals surface area contributed by atoms with Crippen molar-refractivity contribution in [2.45, 2.75) is 32.2 Å². The van der Waals surface area contributed by atoms with Crippen LogP contribution in [0.4, 0.5) is 0 Å². The fourth-order valence-electron chi connectivity index (χ4n) is 3.95. The fraction of sp³-hybridized carbons (Fsp3) is 0.318. The van der Waals surface area contributed by atoms with Gasteiger partial charge in [-0.25, -0.2) is 0 Å². The Bertz CT molecular complexity index is 935. The predicted octanol–water partition coefficient (Wildman–Crippen LogP) is 3.03. The first-order valence-corrected chi connectivity index (χ1v) is 9.45. The van der Waals surface area contributed by atoms with E-state index in [4.69, 9.17) is 0 Å². The van der Waals surface area contributed by atoms with Crippen molar-refractivity contribution in [1.29, 1.82) is 0 Å². The van der Waals surface area contributed by atoms with Gasteiger partial charge in [0.1, 0.15) is 0 Å². The molecule has 2 aliphatic rings. The molecule has 2 amide bonds. The molecule has 5 heteroatoms. The number of amides is 2. The maximum Gasteiger partial charge on any atom is 0.253 e. The number of benzene rings is 2. The van der Waals surface area contributed by atoms with E-state index in [2.05, 4.69) is 5.32 Å². The molecule has 0 bridgehead atoms. The normalized spacial score (nSPS) is 18.0. The highest BCUT2D eigenvalue weighted by Gasteiger charge is 2.29. The Labute approximate surface area is 158 Å². The van der Waals surface area contributed by atoms with Crippen molar-refractivity contribution in [1.82, 2.24) is 10.2 Å². The summed E-state index contributed by atoms with van der Waals surface area (Å²) in [5.74, 6) is -0.103. The Kier molecular flexibility index (Phi) is 4.52. The van der Waals surface area contributed by atoms with Gasteiger partial charge in [-0.15, -0.1) is 0 Å². The molecule has 1 saturated heterocycles. The third-order valence-electron chi connectivity index (χ3n) is 5.37. The average Bonchev–Trinajstić information content (AvgIpc) is 2.99. The lowest BCUT2D eigenvalue weighted by Gasteiger charge is -2.33. The van der Waals surface area contributed by atoms with Gasteiger partial charge in [-0.3, -0.25) is 14.4 Å². The summed E-state index contributed by atoms with van der Waals surface area (Å²) in [6, 6.07) is 12.9. The zero-order chi connectivity index (χ0) is 19.0. The Balaban J connectivity index is 1.55. The second-order valence-corrected chi connectivity index (χ2v) is 7.15. The van der Waals surface area contributed by atoms with Crippen molar-refractivity contribution in [3.05, 3.63) is 59.2 Å². The molecule has 0 spiro atoms. The largest absolute Gasteiger partial charge is 0.352 e. The number of nitrogens with zero attached hydrogens (tertiary/aromatic N) is 1. The number of likely N-dealkylation sites (tertiary alicyclic amines) is 1. The second-order valence-electron chi connectivity index (χ2n) is 7.15. The lowest BCUT2D eigenvalue weighted by molar-refractivity contribution is -0.121. The van der Waals surface area contributed by atoms with E-state index in [0.717, 1.165) is 24.0 Å². The number of carbonyl (C=O) groups excluding carboxylic acids is 3. The van der Waals surface area contributed by atoms with Crippen LogP contribution >= 0.6 is 0 Å². The van der Waals surface area contributed by atoms with Gasteiger partial charge in [0.2, 0.25) is 5.91 Å². The number of hydrogen-bond donors (Lipinski definition) is 1. The van der Waals surface area contributed by atoms with Crippen molar-refractivity contribution in [3.63, 3.8) is 0 Å². The second kappa shape index (κ2) is 6.99. The first kappa shape index (κ1) is 17.5. The summed E-state index contributed by atoms with van der Waals surface area (Å²) in [5.41, 5.74) is 3.63. The molecule has 1 aliphatic heterocycles. The summed E-state index contributed by atoms with van der Waals surface area (Å²) in [5, 5.41) is 2.98. The van der Waals surface area contributed by atoms with Crippen LogP contribution in [0.1, 0.15) is 52.5 Å². The molecular formula is C22H22N2O3. The summed E-state index contributed by atoms with van der Waals surface area (Å²) in [6.45, 7) is 3.00. The molecule has 1 heterocycles. The molecule has 0 radical (unpaired) electrons. The Hall–Kier alpha value is -2.95. The number of hydrogen-bond acceptors (Lipinski definition) is 3. The minimum atomic E-state index is -0.0861. The van der Waals surface area contributed by atoms with Gasteiger partial charge >= 0.3 is 0 Å². The molecule has 0 aromatic heterocycles. The van der Waals surface area contributed by atoms with Gasteiger partial charge in [-0.05, 0) is 36.1 Å². The smallest absolute Gasteiger partial charge is 0.253 e. The van der Waals surface area contributed by atoms with Crippen LogP contribution < -0.4 is 5.32 Å². The SMILES string of the molecule is CCC(=O)N[C@@H]1CCCN(C(=O)c2ccc3c(c2)C(=O)c2ccccc2-3)C1. The number of carbonyl (C=O) groups is 3. The molecule has 1 N–H and O–H groups in total. The topological polar surface area (TPSA) is 66.5 Å². The highest BCUT2D eigenvalue weighted by molar-refractivity contribution is 6.22. The Morgan fingerprint density at radius 2 is 1.81 bits per heavy atom. The van der Waals surface area contributed by atoms with Gasteiger partial charge in [-0.2, -0.15) is 0 Å². The van der Waals surface area contributed by atoms with E-state index in [0.29, 0.717) is 36.2 Å². The summed E-state index contributed by atoms with van der Waals surface area (Å²) < 4.78 is 0. The van der Waals surface area contributed by atoms with Crippen LogP contribution in [0.5, 0.6) is 0 Å². The van der Waals surface area contributed by atoms with Crippen LogP contribution in [0, 0.1) is 0 Å². The monoisotopic (exact) mass is 362 g/mol. The van der Waals surface area contributed by atoms with Gasteiger partial charge < -0.3 is 10.2 Å². The fourth-order valence-corrected chi connectivity index (χ4v) is 3.95. The number of nitrogens with one attached hydrogen (secondary N) is 1. The van der Waals surface area contributed by atoms with Gasteiger partial charge in [0, 0.05) is 42.2 Å². The van der Waals surface area contributed by atoms with Crippen LogP contribution in [-0.4, -0.2) is 41.6 Å². The lowest BCUT2D eigenvalue weighted by Crippen LogP contribution is -2.49. The van der Waals surface area contributed by atoms with Crippen molar-refractivity contribution >= 4 is 17.6 Å². The van der Waals surface area contributed by atoms with Crippen LogP contribution in [0.15, 0.2) is 42.5 Å². The van der Waals surface area contributed by atoms with Crippen LogP contribution in [-0.2, 0) is 4.79 Å². The van der Waals surface area contributed by atoms with E-state index in [1.807, 2.05) is 37.3 Å². The van der Waals surface area contributed by atoms with Gasteiger partial charge in [0.05, 0.1) is 0 Å². The van der Waals surface area contributed by atoms with Crippen molar-refractivity contribution in [2.75, 3.05) is 13.1 Å². The van der Waals surface area contributed by atoms with Crippen molar-refractivity contribution in [2.24, 2.45) is 0 Å². The summed E-state index contributed by atoms with van der Waals surface area (Å²) in [7, 11) is 0. The van der Waals surface area contributed by atoms with E-state index in [9.17, 15) is 14.4 Å². The van der Waals surface area contributed by atoms with E-state index in [1.54, 1.807) is 17.0 Å². The highest BCUT2D eigenvalue weighted by Crippen LogP contribution is 2.36. The maximum absolute atomic E-state index is 13.0. The summed E-state index contributed by atoms with van der Waals surface area (Å²) >= 11 is 0. The molecular weight excluding hydrogens is 340 g/mol. The first-order chi connectivity index (χ1) is 13.1. The molecule has 1 aliphatic carbocycles. The first-order valence-electron chi connectivity index (χ1n) is 9.45. The quantitative estimate of drug-likeness (QED) is 0.779. The molecule has 1 atom stereocenters. The minimum absolute atomic E-state index is 0.00420. The van der Waals surface area contributed by atoms with Crippen molar-refractivity contribution < 1.29 is 14.4 Å². The number of rotatable bonds is 3. The van der Waals surface area contributed by atoms with Gasteiger partial charge in [-0.1, -0.05) is 37.3 Å². The third-order valence-corrected chi connectivity index (χ3v) is 5.37. The molecule has 27 heavy (non-hydrogen) atoms. The number of ketones is 1. The zero-order valence-electron chi connectivity index (χ0n) is 15.3. The van der Waals surface area contributed by atoms with Crippen LogP contribution in [0.3, 0.4) is 0 Å². The standard InChI is InChI=1S/C22H22N2O3/c1-2-20(25)23-15-6-5-11-24(13-15)22(27)14-9-10-17-16-7-3-4-8-18(16)21(26)19(17)12-14/h3-4,7-10,12,15H,2,5-6,11,13H2,1H3,(H,23,25)/t15-/m1/s1. The predicted molar refractivity (Wildman–Crippen MR) is 103 cm³/mol. The van der Waals surface area contributed by atoms with Crippen molar-refractivity contribution in [3.8, 4) is 11.1 Å². The highest BCUT2D eigenvalue weighted by atomic mass is 16.2. The molecule has 2 aromatic rings. The maximum atomic E-state index is 13.0. The summed E-state index contributed by atoms with van der Waals surface area (Å²) in [4.78, 5) is 39.1. The lowest BCUT2D eigenvalue weighted by atomic mass is 10.0. The van der Waals surface area contributed by atoms with Crippen LogP contribution in [0.25, 0.3) is 11.1 Å². The number of fused-ring (bicyclic) bond motifs is 3. The molecule has 1 fully saturated rings. The molecule has 4 rings (SSSR count).